The first-order valence-electron chi connectivity index (χ1n) is 12.1. The maximum Gasteiger partial charge on any atom is 0.416 e. The van der Waals surface area contributed by atoms with E-state index in [0.717, 1.165) is 39.8 Å². The Morgan fingerprint density at radius 1 is 1.12 bits per heavy atom. The number of fused-ring (bicyclic) bond motifs is 1. The largest absolute Gasteiger partial charge is 0.465 e. The number of carbonyl (C=O) groups is 2. The van der Waals surface area contributed by atoms with E-state index in [1.165, 1.54) is 28.4 Å². The second-order valence-corrected chi connectivity index (χ2v) is 9.93. The van der Waals surface area contributed by atoms with E-state index >= 15 is 0 Å². The number of halogens is 3. The highest BCUT2D eigenvalue weighted by molar-refractivity contribution is 7.18. The van der Waals surface area contributed by atoms with Gasteiger partial charge in [-0.1, -0.05) is 30.0 Å². The van der Waals surface area contributed by atoms with Gasteiger partial charge in [0, 0.05) is 35.1 Å². The van der Waals surface area contributed by atoms with Gasteiger partial charge in [-0.2, -0.15) is 13.2 Å². The highest BCUT2D eigenvalue weighted by atomic mass is 32.1. The zero-order valence-corrected chi connectivity index (χ0v) is 21.6. The third-order valence-corrected chi connectivity index (χ3v) is 7.41. The lowest BCUT2D eigenvalue weighted by molar-refractivity contribution is -0.137. The van der Waals surface area contributed by atoms with Crippen LogP contribution in [-0.2, 0) is 6.18 Å². The van der Waals surface area contributed by atoms with Crippen LogP contribution in [0.3, 0.4) is 0 Å². The summed E-state index contributed by atoms with van der Waals surface area (Å²) in [6.07, 6.45) is -2.47. The van der Waals surface area contributed by atoms with E-state index in [4.69, 9.17) is 5.73 Å². The summed E-state index contributed by atoms with van der Waals surface area (Å²) in [6, 6.07) is 10.2. The van der Waals surface area contributed by atoms with Crippen molar-refractivity contribution in [1.29, 1.82) is 0 Å². The van der Waals surface area contributed by atoms with Crippen LogP contribution in [0.4, 0.5) is 40.0 Å². The number of benzene rings is 2. The molecule has 8 nitrogen and oxygen atoms in total. The van der Waals surface area contributed by atoms with E-state index < -0.39 is 23.9 Å². The van der Waals surface area contributed by atoms with Crippen LogP contribution >= 0.6 is 11.3 Å². The number of hydrogen-bond acceptors (Lipinski definition) is 5. The average molecular weight is 566 g/mol. The Kier molecular flexibility index (Phi) is 7.23. The van der Waals surface area contributed by atoms with Crippen LogP contribution < -0.4 is 16.4 Å². The molecule has 3 heterocycles. The monoisotopic (exact) mass is 565 g/mol. The number of anilines is 3. The van der Waals surface area contributed by atoms with Crippen LogP contribution in [0.25, 0.3) is 21.2 Å². The maximum atomic E-state index is 12.9. The zero-order chi connectivity index (χ0) is 28.4. The smallest absolute Gasteiger partial charge is 0.416 e. The number of nitrogen functional groups attached to an aromatic ring is 1. The Bertz CT molecular complexity index is 1660. The summed E-state index contributed by atoms with van der Waals surface area (Å²) in [5.41, 5.74) is 8.09. The molecular formula is C28H22F3N5O3S. The van der Waals surface area contributed by atoms with Gasteiger partial charge in [0.25, 0.3) is 0 Å². The molecule has 1 aliphatic rings. The van der Waals surface area contributed by atoms with Gasteiger partial charge in [-0.15, -0.1) is 11.3 Å². The number of rotatable bonds is 3. The van der Waals surface area contributed by atoms with E-state index in [2.05, 4.69) is 27.5 Å². The molecule has 5 rings (SSSR count). The molecule has 0 unspecified atom stereocenters. The van der Waals surface area contributed by atoms with Crippen molar-refractivity contribution in [2.75, 3.05) is 22.9 Å². The molecule has 2 aromatic heterocycles. The number of carboxylic acid groups (broad SMARTS) is 1. The summed E-state index contributed by atoms with van der Waals surface area (Å²) >= 11 is 1.45. The van der Waals surface area contributed by atoms with Crippen molar-refractivity contribution in [2.24, 2.45) is 0 Å². The number of hydrogen-bond donors (Lipinski definition) is 4. The van der Waals surface area contributed by atoms with E-state index in [-0.39, 0.29) is 11.7 Å². The SMILES string of the molecule is Nc1ncc(C#C[C@@H]2CCCN2C(=O)O)c2scc(-c3ccc(NC(=O)Nc4cccc(C(F)(F)F)c4)cc3)c12. The molecule has 204 valence electrons. The third-order valence-electron chi connectivity index (χ3n) is 6.40. The second kappa shape index (κ2) is 10.8. The summed E-state index contributed by atoms with van der Waals surface area (Å²) in [4.78, 5) is 29.4. The molecule has 2 aromatic carbocycles. The fourth-order valence-corrected chi connectivity index (χ4v) is 5.53. The molecule has 12 heteroatoms. The molecule has 1 aliphatic heterocycles. The Morgan fingerprint density at radius 2 is 1.88 bits per heavy atom. The van der Waals surface area contributed by atoms with Gasteiger partial charge in [0.1, 0.15) is 5.82 Å². The number of likely N-dealkylation sites (tertiary alicyclic amines) is 1. The Labute approximate surface area is 230 Å². The maximum absolute atomic E-state index is 12.9. The zero-order valence-electron chi connectivity index (χ0n) is 20.7. The molecule has 1 saturated heterocycles. The molecule has 0 aliphatic carbocycles. The Hall–Kier alpha value is -4.76. The van der Waals surface area contributed by atoms with Gasteiger partial charge in [-0.3, -0.25) is 4.90 Å². The van der Waals surface area contributed by atoms with Crippen molar-refractivity contribution in [1.82, 2.24) is 9.88 Å². The number of nitrogens with two attached hydrogens (primary N) is 1. The quantitative estimate of drug-likeness (QED) is 0.206. The number of alkyl halides is 3. The van der Waals surface area contributed by atoms with Gasteiger partial charge in [0.05, 0.1) is 21.9 Å². The molecule has 3 amide bonds. The first-order valence-corrected chi connectivity index (χ1v) is 13.0. The topological polar surface area (TPSA) is 121 Å². The Balaban J connectivity index is 1.33. The van der Waals surface area contributed by atoms with Crippen molar-refractivity contribution < 1.29 is 27.9 Å². The van der Waals surface area contributed by atoms with Crippen LogP contribution in [0.2, 0.25) is 0 Å². The van der Waals surface area contributed by atoms with Gasteiger partial charge in [-0.05, 0) is 54.1 Å². The van der Waals surface area contributed by atoms with Crippen LogP contribution in [0.15, 0.2) is 60.1 Å². The van der Waals surface area contributed by atoms with E-state index in [0.29, 0.717) is 30.0 Å². The molecule has 1 atom stereocenters. The highest BCUT2D eigenvalue weighted by Gasteiger charge is 2.30. The lowest BCUT2D eigenvalue weighted by atomic mass is 10.0. The van der Waals surface area contributed by atoms with Crippen molar-refractivity contribution in [2.45, 2.75) is 25.1 Å². The molecule has 0 saturated carbocycles. The highest BCUT2D eigenvalue weighted by Crippen LogP contribution is 2.38. The molecule has 40 heavy (non-hydrogen) atoms. The summed E-state index contributed by atoms with van der Waals surface area (Å²) in [7, 11) is 0. The fourth-order valence-electron chi connectivity index (χ4n) is 4.48. The lowest BCUT2D eigenvalue weighted by Gasteiger charge is -2.15. The first-order chi connectivity index (χ1) is 19.1. The normalized spacial score (nSPS) is 15.0. The van der Waals surface area contributed by atoms with Crippen LogP contribution in [0, 0.1) is 11.8 Å². The second-order valence-electron chi connectivity index (χ2n) is 9.05. The minimum Gasteiger partial charge on any atom is -0.465 e. The molecule has 0 spiro atoms. The van der Waals surface area contributed by atoms with Gasteiger partial charge < -0.3 is 21.5 Å². The summed E-state index contributed by atoms with van der Waals surface area (Å²) in [5, 5.41) is 17.0. The molecule has 0 radical (unpaired) electrons. The molecule has 1 fully saturated rings. The minimum atomic E-state index is -4.51. The number of nitrogens with one attached hydrogen (secondary N) is 2. The van der Waals surface area contributed by atoms with Crippen LogP contribution in [-0.4, -0.2) is 39.7 Å². The summed E-state index contributed by atoms with van der Waals surface area (Å²) in [5.74, 6) is 6.48. The standard InChI is InChI=1S/C28H22F3N5O3S/c29-28(30,31)18-3-1-4-20(13-18)35-26(37)34-19-9-6-16(7-10-19)22-15-40-24-17(14-33-25(32)23(22)24)8-11-21-5-2-12-36(21)27(38)39/h1,3-4,6-7,9-10,13-15,21H,2,5,12H2,(H2,32,33)(H,38,39)(H2,34,35,37)/t21-/m0/s1. The van der Waals surface area contributed by atoms with Crippen LogP contribution in [0.5, 0.6) is 0 Å². The third kappa shape index (κ3) is 5.64. The van der Waals surface area contributed by atoms with Gasteiger partial charge in [0.15, 0.2) is 0 Å². The lowest BCUT2D eigenvalue weighted by Crippen LogP contribution is -2.33. The van der Waals surface area contributed by atoms with Crippen LogP contribution in [0.1, 0.15) is 24.0 Å². The number of urea groups is 1. The van der Waals surface area contributed by atoms with Crippen molar-refractivity contribution in [3.63, 3.8) is 0 Å². The molecule has 0 bridgehead atoms. The number of pyridine rings is 1. The van der Waals surface area contributed by atoms with Crippen molar-refractivity contribution >= 4 is 50.7 Å². The predicted octanol–water partition coefficient (Wildman–Crippen LogP) is 6.70. The van der Waals surface area contributed by atoms with Crippen molar-refractivity contribution in [3.8, 4) is 23.0 Å². The summed E-state index contributed by atoms with van der Waals surface area (Å²) in [6.45, 7) is 0.463. The minimum absolute atomic E-state index is 0.0131. The first kappa shape index (κ1) is 26.8. The predicted molar refractivity (Wildman–Crippen MR) is 148 cm³/mol. The number of nitrogens with zero attached hydrogens (tertiary/aromatic N) is 2. The number of aromatic nitrogens is 1. The molecular weight excluding hydrogens is 543 g/mol. The average Bonchev–Trinajstić information content (AvgIpc) is 3.57. The van der Waals surface area contributed by atoms with Gasteiger partial charge in [-0.25, -0.2) is 14.6 Å². The van der Waals surface area contributed by atoms with Gasteiger partial charge >= 0.3 is 18.3 Å². The number of thiophene rings is 1. The van der Waals surface area contributed by atoms with E-state index in [1.54, 1.807) is 30.5 Å². The number of amides is 3. The van der Waals surface area contributed by atoms with E-state index in [9.17, 15) is 27.9 Å². The number of carbonyl (C=O) groups excluding carboxylic acids is 1. The summed E-state index contributed by atoms with van der Waals surface area (Å²) < 4.78 is 39.6. The molecule has 4 aromatic rings. The van der Waals surface area contributed by atoms with Crippen molar-refractivity contribution in [3.05, 3.63) is 71.2 Å². The Morgan fingerprint density at radius 3 is 2.60 bits per heavy atom. The fraction of sp³-hybridized carbons (Fsp3) is 0.179. The van der Waals surface area contributed by atoms with Gasteiger partial charge in [0.2, 0.25) is 0 Å². The van der Waals surface area contributed by atoms with E-state index in [1.807, 2.05) is 5.38 Å². The molecule has 5 N–H and O–H groups in total.